The van der Waals surface area contributed by atoms with Crippen LogP contribution in [0.4, 0.5) is 13.2 Å². The second kappa shape index (κ2) is 14.4. The summed E-state index contributed by atoms with van der Waals surface area (Å²) in [5.74, 6) is -3.34. The zero-order valence-electron chi connectivity index (χ0n) is 7.51. The molecule has 82 valence electrons. The molecule has 0 aliphatic carbocycles. The van der Waals surface area contributed by atoms with Gasteiger partial charge < -0.3 is 21.4 Å². The predicted octanol–water partition coefficient (Wildman–Crippen LogP) is -4.19. The number of alkyl halides is 3. The van der Waals surface area contributed by atoms with E-state index < -0.39 is 12.1 Å². The van der Waals surface area contributed by atoms with Crippen molar-refractivity contribution in [2.24, 2.45) is 11.5 Å². The Balaban J connectivity index is -0.0000000654. The van der Waals surface area contributed by atoms with Gasteiger partial charge in [-0.25, -0.2) is 5.41 Å². The zero-order chi connectivity index (χ0) is 12.4. The monoisotopic (exact) mass is 364 g/mol. The molecule has 6 nitrogen and oxygen atoms in total. The largest absolute Gasteiger partial charge is 1.00 e. The maximum Gasteiger partial charge on any atom is 1.00 e. The number of isothiocyanates is 1. The molecule has 0 aromatic carbocycles. The van der Waals surface area contributed by atoms with Crippen LogP contribution >= 0.6 is 12.2 Å². The Bertz CT molecular complexity index is 224. The summed E-state index contributed by atoms with van der Waals surface area (Å²) >= 11 is 3.81. The van der Waals surface area contributed by atoms with Crippen molar-refractivity contribution >= 4 is 29.3 Å². The van der Waals surface area contributed by atoms with Crippen LogP contribution in [0, 0.1) is 10.8 Å². The van der Waals surface area contributed by atoms with Crippen LogP contribution in [0.5, 0.6) is 0 Å². The molecule has 15 heavy (non-hydrogen) atoms. The third kappa shape index (κ3) is 54.1. The molecular weight excluding hydrogens is 358 g/mol. The van der Waals surface area contributed by atoms with Gasteiger partial charge in [0.1, 0.15) is 5.97 Å². The molecule has 0 atom stereocenters. The molecule has 0 spiro atoms. The molecule has 0 rings (SSSR count). The van der Waals surface area contributed by atoms with Gasteiger partial charge in [-0.3, -0.25) is 5.41 Å². The average molecular weight is 364 g/mol. The van der Waals surface area contributed by atoms with Gasteiger partial charge in [0.2, 0.25) is 0 Å². The van der Waals surface area contributed by atoms with E-state index >= 15 is 0 Å². The number of carbonyl (C=O) groups excluding carboxylic acids is 1. The summed E-state index contributed by atoms with van der Waals surface area (Å²) in [7, 11) is 0. The second-order valence-corrected chi connectivity index (χ2v) is 1.55. The van der Waals surface area contributed by atoms with Gasteiger partial charge in [-0.05, 0) is 12.2 Å². The molecule has 0 aliphatic rings. The van der Waals surface area contributed by atoms with Crippen molar-refractivity contribution in [3.8, 4) is 0 Å². The van der Waals surface area contributed by atoms with E-state index in [1.807, 2.05) is 0 Å². The Kier molecular flexibility index (Phi) is 23.5. The topological polar surface area (TPSA) is 140 Å². The van der Waals surface area contributed by atoms with Crippen molar-refractivity contribution in [1.82, 2.24) is 0 Å². The van der Waals surface area contributed by atoms with Gasteiger partial charge in [0, 0.05) is 0 Å². The number of carbonyl (C=O) groups is 1. The van der Waals surface area contributed by atoms with Gasteiger partial charge in [-0.1, -0.05) is 0 Å². The molecule has 0 saturated carbocycles. The van der Waals surface area contributed by atoms with Crippen LogP contribution in [0.15, 0.2) is 0 Å². The number of hydrogen-bond acceptors (Lipinski definition) is 5. The molecule has 0 unspecified atom stereocenters. The standard InChI is InChI=1S/C2HF3O2.CH5N3.CHNS.Cs/c3-2(4,5)1(6)7;2-1(3)4;2-1-3;/h(H,6,7);(H5,2,3,4);2H;/q;;;+1/p-1. The Morgan fingerprint density at radius 3 is 1.47 bits per heavy atom. The van der Waals surface area contributed by atoms with Gasteiger partial charge in [0.05, 0.1) is 5.16 Å². The van der Waals surface area contributed by atoms with E-state index in [0.717, 1.165) is 0 Å². The zero-order valence-corrected chi connectivity index (χ0v) is 14.6. The Morgan fingerprint density at radius 1 is 1.40 bits per heavy atom. The molecule has 11 heteroatoms. The SMILES string of the molecule is N=C(N)N.N=C=S.O=C([O-])C(F)(F)F.[Cs+]. The Hall–Kier alpha value is 0.382. The fraction of sp³-hybridized carbons (Fsp3) is 0.250. The van der Waals surface area contributed by atoms with Gasteiger partial charge in [0.15, 0.2) is 5.96 Å². The molecule has 0 fully saturated rings. The van der Waals surface area contributed by atoms with E-state index in [2.05, 4.69) is 23.7 Å². The van der Waals surface area contributed by atoms with Gasteiger partial charge in [0.25, 0.3) is 0 Å². The summed E-state index contributed by atoms with van der Waals surface area (Å²) in [5.41, 5.74) is 8.94. The van der Waals surface area contributed by atoms with Crippen molar-refractivity contribution in [2.45, 2.75) is 6.18 Å². The summed E-state index contributed by atoms with van der Waals surface area (Å²) in [5, 5.41) is 22.2. The molecule has 0 saturated heterocycles. The van der Waals surface area contributed by atoms with E-state index in [-0.39, 0.29) is 74.9 Å². The predicted molar refractivity (Wildman–Crippen MR) is 42.5 cm³/mol. The molecule has 0 aromatic rings. The quantitative estimate of drug-likeness (QED) is 0.196. The number of rotatable bonds is 0. The molecule has 0 aromatic heterocycles. The van der Waals surface area contributed by atoms with Crippen LogP contribution in [0.1, 0.15) is 0 Å². The Morgan fingerprint density at radius 2 is 1.47 bits per heavy atom. The van der Waals surface area contributed by atoms with Gasteiger partial charge >= 0.3 is 75.1 Å². The first-order valence-corrected chi connectivity index (χ1v) is 2.91. The fourth-order valence-corrected chi connectivity index (χ4v) is 0. The molecule has 0 amide bonds. The second-order valence-electron chi connectivity index (χ2n) is 1.34. The number of nitrogens with two attached hydrogens (primary N) is 2. The van der Waals surface area contributed by atoms with Crippen molar-refractivity contribution in [3.63, 3.8) is 0 Å². The van der Waals surface area contributed by atoms with Crippen molar-refractivity contribution < 1.29 is 92.0 Å². The molecule has 6 N–H and O–H groups in total. The summed E-state index contributed by atoms with van der Waals surface area (Å²) < 4.78 is 31.5. The number of carboxylic acids is 1. The molecule has 0 radical (unpaired) electrons. The van der Waals surface area contributed by atoms with Crippen LogP contribution < -0.4 is 85.5 Å². The van der Waals surface area contributed by atoms with Gasteiger partial charge in [-0.2, -0.15) is 13.2 Å². The maximum atomic E-state index is 10.5. The first-order valence-electron chi connectivity index (χ1n) is 2.51. The Labute approximate surface area is 147 Å². The number of guanidine groups is 1. The van der Waals surface area contributed by atoms with E-state index in [1.165, 1.54) is 0 Å². The number of thiocarbonyl (C=S) groups is 1. The number of nitrogens with one attached hydrogen (secondary N) is 2. The molecular formula is C4H6CsF3N4O2S. The van der Waals surface area contributed by atoms with Crippen molar-refractivity contribution in [2.75, 3.05) is 0 Å². The minimum absolute atomic E-state index is 0. The van der Waals surface area contributed by atoms with Gasteiger partial charge in [-0.15, -0.1) is 0 Å². The molecule has 0 heterocycles. The first kappa shape index (κ1) is 24.6. The normalized spacial score (nSPS) is 7.40. The van der Waals surface area contributed by atoms with E-state index in [9.17, 15) is 13.2 Å². The maximum absolute atomic E-state index is 10.5. The summed E-state index contributed by atoms with van der Waals surface area (Å²) in [6, 6.07) is 0. The molecule has 0 aliphatic heterocycles. The van der Waals surface area contributed by atoms with Crippen LogP contribution in [-0.2, 0) is 4.79 Å². The summed E-state index contributed by atoms with van der Waals surface area (Å²) in [6.07, 6.45) is -5.19. The van der Waals surface area contributed by atoms with Crippen LogP contribution in [0.25, 0.3) is 0 Å². The minimum Gasteiger partial charge on any atom is -0.542 e. The summed E-state index contributed by atoms with van der Waals surface area (Å²) in [6.45, 7) is 0. The van der Waals surface area contributed by atoms with Crippen LogP contribution in [0.3, 0.4) is 0 Å². The average Bonchev–Trinajstić information content (AvgIpc) is 1.84. The number of halogens is 3. The van der Waals surface area contributed by atoms with Crippen LogP contribution in [0.2, 0.25) is 0 Å². The summed E-state index contributed by atoms with van der Waals surface area (Å²) in [4.78, 5) is 8.78. The van der Waals surface area contributed by atoms with E-state index in [0.29, 0.717) is 0 Å². The number of aliphatic carboxylic acids is 1. The van der Waals surface area contributed by atoms with Crippen molar-refractivity contribution in [1.29, 1.82) is 10.8 Å². The van der Waals surface area contributed by atoms with Crippen molar-refractivity contribution in [3.05, 3.63) is 0 Å². The molecule has 0 bridgehead atoms. The third-order valence-electron chi connectivity index (χ3n) is 0.231. The third-order valence-corrected chi connectivity index (χ3v) is 0.231. The smallest absolute Gasteiger partial charge is 0.542 e. The minimum atomic E-state index is -5.19. The first-order chi connectivity index (χ1) is 6.09. The van der Waals surface area contributed by atoms with E-state index in [1.54, 1.807) is 5.16 Å². The number of carboxylic acid groups (broad SMARTS) is 1. The van der Waals surface area contributed by atoms with Crippen LogP contribution in [-0.4, -0.2) is 23.3 Å². The fourth-order valence-electron chi connectivity index (χ4n) is 0. The number of hydrogen-bond donors (Lipinski definition) is 4. The van der Waals surface area contributed by atoms with E-state index in [4.69, 9.17) is 20.7 Å².